The van der Waals surface area contributed by atoms with Crippen molar-refractivity contribution in [3.05, 3.63) is 48.4 Å². The third kappa shape index (κ3) is 3.64. The minimum atomic E-state index is 0.704. The van der Waals surface area contributed by atoms with E-state index in [-0.39, 0.29) is 0 Å². The average Bonchev–Trinajstić information content (AvgIpc) is 3.28. The Morgan fingerprint density at radius 3 is 2.70 bits per heavy atom. The molecule has 0 bridgehead atoms. The van der Waals surface area contributed by atoms with Crippen molar-refractivity contribution in [3.63, 3.8) is 0 Å². The predicted octanol–water partition coefficient (Wildman–Crippen LogP) is 2.74. The van der Waals surface area contributed by atoms with E-state index in [4.69, 9.17) is 19.4 Å². The molecule has 1 saturated heterocycles. The molecule has 1 aliphatic rings. The van der Waals surface area contributed by atoms with E-state index in [0.29, 0.717) is 13.2 Å². The van der Waals surface area contributed by atoms with E-state index in [1.807, 2.05) is 35.1 Å². The number of rotatable bonds is 5. The lowest BCUT2D eigenvalue weighted by atomic mass is 10.1. The minimum absolute atomic E-state index is 0.704. The van der Waals surface area contributed by atoms with Crippen molar-refractivity contribution in [1.82, 2.24) is 19.7 Å². The molecule has 3 aromatic rings. The number of aromatic nitrogens is 4. The Kier molecular flexibility index (Phi) is 5.02. The smallest absolute Gasteiger partial charge is 0.226 e. The quantitative estimate of drug-likeness (QED) is 0.693. The lowest BCUT2D eigenvalue weighted by Crippen LogP contribution is -2.37. The second-order valence-electron chi connectivity index (χ2n) is 6.33. The van der Waals surface area contributed by atoms with Crippen molar-refractivity contribution in [2.24, 2.45) is 0 Å². The lowest BCUT2D eigenvalue weighted by molar-refractivity contribution is 0.122. The first kappa shape index (κ1) is 17.5. The molecule has 1 fully saturated rings. The second kappa shape index (κ2) is 7.75. The minimum Gasteiger partial charge on any atom is -0.497 e. The van der Waals surface area contributed by atoms with Gasteiger partial charge in [-0.15, -0.1) is 0 Å². The van der Waals surface area contributed by atoms with Gasteiger partial charge in [-0.2, -0.15) is 5.10 Å². The lowest BCUT2D eigenvalue weighted by Gasteiger charge is -2.27. The maximum Gasteiger partial charge on any atom is 0.226 e. The number of aryl methyl sites for hydroxylation is 1. The molecule has 7 nitrogen and oxygen atoms in total. The monoisotopic (exact) mass is 365 g/mol. The van der Waals surface area contributed by atoms with Crippen LogP contribution in [0.4, 0.5) is 5.95 Å². The average molecular weight is 365 g/mol. The Labute approximate surface area is 158 Å². The summed E-state index contributed by atoms with van der Waals surface area (Å²) in [5.74, 6) is 1.54. The van der Waals surface area contributed by atoms with Crippen molar-refractivity contribution in [2.45, 2.75) is 13.3 Å². The summed E-state index contributed by atoms with van der Waals surface area (Å²) in [5, 5.41) is 4.39. The molecule has 0 atom stereocenters. The van der Waals surface area contributed by atoms with Gasteiger partial charge in [0, 0.05) is 42.8 Å². The van der Waals surface area contributed by atoms with Crippen molar-refractivity contribution in [2.75, 3.05) is 38.3 Å². The van der Waals surface area contributed by atoms with E-state index < -0.39 is 0 Å². The molecule has 0 amide bonds. The molecule has 27 heavy (non-hydrogen) atoms. The van der Waals surface area contributed by atoms with E-state index >= 15 is 0 Å². The van der Waals surface area contributed by atoms with Crippen LogP contribution in [-0.4, -0.2) is 53.2 Å². The molecular formula is C20H23N5O2. The molecule has 0 N–H and O–H groups in total. The summed E-state index contributed by atoms with van der Waals surface area (Å²) in [4.78, 5) is 11.8. The summed E-state index contributed by atoms with van der Waals surface area (Å²) in [6.45, 7) is 5.13. The fourth-order valence-corrected chi connectivity index (χ4v) is 3.16. The number of benzene rings is 1. The highest BCUT2D eigenvalue weighted by molar-refractivity contribution is 5.72. The molecule has 0 unspecified atom stereocenters. The van der Waals surface area contributed by atoms with Gasteiger partial charge >= 0.3 is 0 Å². The highest BCUT2D eigenvalue weighted by atomic mass is 16.5. The second-order valence-corrected chi connectivity index (χ2v) is 6.33. The summed E-state index contributed by atoms with van der Waals surface area (Å²) in [6.07, 6.45) is 4.53. The van der Waals surface area contributed by atoms with Crippen LogP contribution in [0.5, 0.6) is 5.75 Å². The normalized spacial score (nSPS) is 14.4. The Hall–Kier alpha value is -2.93. The van der Waals surface area contributed by atoms with Gasteiger partial charge in [0.15, 0.2) is 0 Å². The van der Waals surface area contributed by atoms with Crippen LogP contribution < -0.4 is 9.64 Å². The van der Waals surface area contributed by atoms with Crippen LogP contribution in [0.2, 0.25) is 0 Å². The van der Waals surface area contributed by atoms with Crippen LogP contribution in [-0.2, 0) is 11.2 Å². The van der Waals surface area contributed by atoms with Crippen molar-refractivity contribution in [1.29, 1.82) is 0 Å². The maximum atomic E-state index is 5.46. The van der Waals surface area contributed by atoms with Crippen LogP contribution >= 0.6 is 0 Å². The standard InChI is InChI=1S/C20H23N5O2/c1-3-15-13-18(23-20(22-15)24-9-11-27-12-10-24)17-6-5-16(26-2)14-19(17)25-8-4-7-21-25/h4-8,13-14H,3,9-12H2,1-2H3. The van der Waals surface area contributed by atoms with Gasteiger partial charge in [-0.3, -0.25) is 0 Å². The molecule has 1 aromatic carbocycles. The zero-order chi connectivity index (χ0) is 18.6. The molecule has 1 aliphatic heterocycles. The van der Waals surface area contributed by atoms with Gasteiger partial charge in [-0.1, -0.05) is 6.92 Å². The fourth-order valence-electron chi connectivity index (χ4n) is 3.16. The zero-order valence-corrected chi connectivity index (χ0v) is 15.6. The van der Waals surface area contributed by atoms with Crippen molar-refractivity contribution < 1.29 is 9.47 Å². The van der Waals surface area contributed by atoms with E-state index in [1.54, 1.807) is 13.3 Å². The molecule has 2 aromatic heterocycles. The maximum absolute atomic E-state index is 5.46. The topological polar surface area (TPSA) is 65.3 Å². The van der Waals surface area contributed by atoms with Gasteiger partial charge in [0.2, 0.25) is 5.95 Å². The summed E-state index contributed by atoms with van der Waals surface area (Å²) in [6, 6.07) is 9.91. The molecule has 0 spiro atoms. The third-order valence-corrected chi connectivity index (χ3v) is 4.66. The summed E-state index contributed by atoms with van der Waals surface area (Å²) in [5.41, 5.74) is 3.82. The van der Waals surface area contributed by atoms with Crippen molar-refractivity contribution >= 4 is 5.95 Å². The largest absolute Gasteiger partial charge is 0.497 e. The zero-order valence-electron chi connectivity index (χ0n) is 15.6. The Morgan fingerprint density at radius 1 is 1.15 bits per heavy atom. The molecule has 3 heterocycles. The Bertz CT molecular complexity index is 905. The molecule has 4 rings (SSSR count). The van der Waals surface area contributed by atoms with Gasteiger partial charge in [-0.25, -0.2) is 14.6 Å². The Balaban J connectivity index is 1.83. The fraction of sp³-hybridized carbons (Fsp3) is 0.350. The number of methoxy groups -OCH3 is 1. The number of anilines is 1. The number of hydrogen-bond donors (Lipinski definition) is 0. The molecule has 0 radical (unpaired) electrons. The van der Waals surface area contributed by atoms with Gasteiger partial charge in [0.05, 0.1) is 31.7 Å². The first-order valence-corrected chi connectivity index (χ1v) is 9.17. The Morgan fingerprint density at radius 2 is 2.00 bits per heavy atom. The van der Waals surface area contributed by atoms with E-state index in [1.165, 1.54) is 0 Å². The van der Waals surface area contributed by atoms with E-state index in [0.717, 1.165) is 53.8 Å². The highest BCUT2D eigenvalue weighted by Gasteiger charge is 2.18. The summed E-state index contributed by atoms with van der Waals surface area (Å²) in [7, 11) is 1.66. The van der Waals surface area contributed by atoms with Crippen LogP contribution in [0.3, 0.4) is 0 Å². The van der Waals surface area contributed by atoms with E-state index in [2.05, 4.69) is 23.0 Å². The van der Waals surface area contributed by atoms with Crippen LogP contribution in [0.25, 0.3) is 16.9 Å². The SMILES string of the molecule is CCc1cc(-c2ccc(OC)cc2-n2cccn2)nc(N2CCOCC2)n1. The predicted molar refractivity (Wildman–Crippen MR) is 104 cm³/mol. The third-order valence-electron chi connectivity index (χ3n) is 4.66. The molecule has 7 heteroatoms. The first-order chi connectivity index (χ1) is 13.3. The van der Waals surface area contributed by atoms with Gasteiger partial charge in [-0.05, 0) is 30.7 Å². The molecular weight excluding hydrogens is 342 g/mol. The number of ether oxygens (including phenoxy) is 2. The molecule has 140 valence electrons. The van der Waals surface area contributed by atoms with Crippen molar-refractivity contribution in [3.8, 4) is 22.7 Å². The molecule has 0 saturated carbocycles. The van der Waals surface area contributed by atoms with Gasteiger partial charge in [0.1, 0.15) is 5.75 Å². The van der Waals surface area contributed by atoms with Crippen LogP contribution in [0.1, 0.15) is 12.6 Å². The number of nitrogens with zero attached hydrogens (tertiary/aromatic N) is 5. The number of morpholine rings is 1. The van der Waals surface area contributed by atoms with Crippen LogP contribution in [0, 0.1) is 0 Å². The number of hydrogen-bond acceptors (Lipinski definition) is 6. The highest BCUT2D eigenvalue weighted by Crippen LogP contribution is 2.30. The summed E-state index contributed by atoms with van der Waals surface area (Å²) < 4.78 is 12.7. The van der Waals surface area contributed by atoms with Gasteiger partial charge in [0.25, 0.3) is 0 Å². The van der Waals surface area contributed by atoms with Gasteiger partial charge < -0.3 is 14.4 Å². The summed E-state index contributed by atoms with van der Waals surface area (Å²) >= 11 is 0. The first-order valence-electron chi connectivity index (χ1n) is 9.17. The van der Waals surface area contributed by atoms with Crippen LogP contribution in [0.15, 0.2) is 42.7 Å². The van der Waals surface area contributed by atoms with E-state index in [9.17, 15) is 0 Å². The molecule has 0 aliphatic carbocycles.